The van der Waals surface area contributed by atoms with Gasteiger partial charge < -0.3 is 20.3 Å². The minimum absolute atomic E-state index is 0. The van der Waals surface area contributed by atoms with Crippen molar-refractivity contribution in [3.63, 3.8) is 0 Å². The van der Waals surface area contributed by atoms with E-state index in [0.29, 0.717) is 29.7 Å². The van der Waals surface area contributed by atoms with Crippen molar-refractivity contribution in [3.05, 3.63) is 39.5 Å². The van der Waals surface area contributed by atoms with Gasteiger partial charge in [-0.15, -0.1) is 35.3 Å². The molecule has 2 rings (SSSR count). The Balaban J connectivity index is 0.00000420. The molecule has 0 spiro atoms. The molecule has 0 saturated heterocycles. The van der Waals surface area contributed by atoms with Crippen LogP contribution in [0.2, 0.25) is 0 Å². The summed E-state index contributed by atoms with van der Waals surface area (Å²) in [5.41, 5.74) is 1.59. The number of guanidine groups is 1. The summed E-state index contributed by atoms with van der Waals surface area (Å²) in [6.07, 6.45) is 0. The zero-order chi connectivity index (χ0) is 20.7. The number of thiazole rings is 1. The van der Waals surface area contributed by atoms with Gasteiger partial charge >= 0.3 is 5.97 Å². The molecule has 1 atom stereocenters. The van der Waals surface area contributed by atoms with Crippen LogP contribution in [-0.2, 0) is 11.3 Å². The summed E-state index contributed by atoms with van der Waals surface area (Å²) in [6, 6.07) is 5.80. The van der Waals surface area contributed by atoms with Crippen molar-refractivity contribution in [2.45, 2.75) is 33.4 Å². The average molecular weight is 532 g/mol. The zero-order valence-corrected chi connectivity index (χ0v) is 20.8. The van der Waals surface area contributed by atoms with E-state index >= 15 is 0 Å². The van der Waals surface area contributed by atoms with E-state index < -0.39 is 0 Å². The van der Waals surface area contributed by atoms with Gasteiger partial charge in [0.25, 0.3) is 0 Å². The topological polar surface area (TPSA) is 91.7 Å². The highest BCUT2D eigenvalue weighted by Crippen LogP contribution is 2.24. The molecule has 29 heavy (non-hydrogen) atoms. The molecular formula is C19H29IN6O2S. The van der Waals surface area contributed by atoms with Crippen LogP contribution >= 0.6 is 35.3 Å². The van der Waals surface area contributed by atoms with Gasteiger partial charge in [0.15, 0.2) is 5.96 Å². The number of carbonyl (C=O) groups is 1. The van der Waals surface area contributed by atoms with Crippen molar-refractivity contribution in [1.29, 1.82) is 0 Å². The smallest absolute Gasteiger partial charge is 0.350 e. The highest BCUT2D eigenvalue weighted by atomic mass is 127. The number of nitrogens with zero attached hydrogens (tertiary/aromatic N) is 4. The first kappa shape index (κ1) is 25.1. The number of rotatable bonds is 7. The van der Waals surface area contributed by atoms with Gasteiger partial charge in [-0.1, -0.05) is 6.07 Å². The number of aromatic nitrogens is 2. The molecule has 8 nitrogen and oxygen atoms in total. The summed E-state index contributed by atoms with van der Waals surface area (Å²) < 4.78 is 5.08. The van der Waals surface area contributed by atoms with E-state index in [-0.39, 0.29) is 36.0 Å². The van der Waals surface area contributed by atoms with Gasteiger partial charge in [-0.2, -0.15) is 0 Å². The molecule has 2 N–H and O–H groups in total. The summed E-state index contributed by atoms with van der Waals surface area (Å²) in [7, 11) is 5.63. The lowest BCUT2D eigenvalue weighted by atomic mass is 10.3. The van der Waals surface area contributed by atoms with Crippen molar-refractivity contribution < 1.29 is 9.53 Å². The molecule has 2 aromatic heterocycles. The van der Waals surface area contributed by atoms with Crippen molar-refractivity contribution in [2.75, 3.05) is 32.6 Å². The number of halogens is 1. The number of ether oxygens (including phenoxy) is 1. The number of anilines is 1. The fourth-order valence-electron chi connectivity index (χ4n) is 2.44. The maximum absolute atomic E-state index is 12.0. The summed E-state index contributed by atoms with van der Waals surface area (Å²) >= 11 is 1.34. The van der Waals surface area contributed by atoms with Crippen LogP contribution in [0.3, 0.4) is 0 Å². The van der Waals surface area contributed by atoms with Gasteiger partial charge in [-0.05, 0) is 32.9 Å². The van der Waals surface area contributed by atoms with E-state index in [1.54, 1.807) is 14.0 Å². The largest absolute Gasteiger partial charge is 0.462 e. The molecule has 0 radical (unpaired) electrons. The van der Waals surface area contributed by atoms with Crippen LogP contribution in [0.25, 0.3) is 0 Å². The van der Waals surface area contributed by atoms with Crippen molar-refractivity contribution >= 4 is 53.1 Å². The third-order valence-corrected chi connectivity index (χ3v) is 5.23. The second kappa shape index (κ2) is 11.9. The first-order chi connectivity index (χ1) is 13.3. The lowest BCUT2D eigenvalue weighted by Crippen LogP contribution is -2.38. The minimum Gasteiger partial charge on any atom is -0.462 e. The van der Waals surface area contributed by atoms with Crippen molar-refractivity contribution in [2.24, 2.45) is 4.99 Å². The quantitative estimate of drug-likeness (QED) is 0.245. The molecule has 0 aromatic carbocycles. The molecule has 1 unspecified atom stereocenters. The molecule has 10 heteroatoms. The van der Waals surface area contributed by atoms with Gasteiger partial charge in [0, 0.05) is 21.1 Å². The van der Waals surface area contributed by atoms with Crippen molar-refractivity contribution in [1.82, 2.24) is 20.6 Å². The molecule has 2 aromatic rings. The summed E-state index contributed by atoms with van der Waals surface area (Å²) in [5, 5.41) is 7.36. The monoisotopic (exact) mass is 532 g/mol. The number of aliphatic imine (C=N–C) groups is 1. The zero-order valence-electron chi connectivity index (χ0n) is 17.6. The van der Waals surface area contributed by atoms with E-state index in [4.69, 9.17) is 4.74 Å². The Kier molecular flexibility index (Phi) is 10.3. The van der Waals surface area contributed by atoms with Crippen LogP contribution in [0.4, 0.5) is 5.82 Å². The Hall–Kier alpha value is -1.95. The van der Waals surface area contributed by atoms with E-state index in [0.717, 1.165) is 16.5 Å². The van der Waals surface area contributed by atoms with Gasteiger partial charge in [-0.25, -0.2) is 14.8 Å². The van der Waals surface area contributed by atoms with Crippen LogP contribution < -0.4 is 15.5 Å². The molecule has 0 amide bonds. The molecule has 0 aliphatic heterocycles. The van der Waals surface area contributed by atoms with Crippen LogP contribution in [0.15, 0.2) is 23.2 Å². The van der Waals surface area contributed by atoms with E-state index in [1.165, 1.54) is 11.3 Å². The normalized spacial score (nSPS) is 12.0. The Morgan fingerprint density at radius 2 is 2.07 bits per heavy atom. The Morgan fingerprint density at radius 3 is 2.69 bits per heavy atom. The molecular weight excluding hydrogens is 503 g/mol. The first-order valence-electron chi connectivity index (χ1n) is 9.10. The predicted octanol–water partition coefficient (Wildman–Crippen LogP) is 3.13. The Labute approximate surface area is 193 Å². The van der Waals surface area contributed by atoms with Gasteiger partial charge in [0.2, 0.25) is 0 Å². The number of aryl methyl sites for hydroxylation is 1. The predicted molar refractivity (Wildman–Crippen MR) is 129 cm³/mol. The molecule has 0 fully saturated rings. The summed E-state index contributed by atoms with van der Waals surface area (Å²) in [4.78, 5) is 27.9. The molecule has 0 aliphatic rings. The number of nitrogens with one attached hydrogen (secondary N) is 2. The summed E-state index contributed by atoms with van der Waals surface area (Å²) in [6.45, 7) is 6.47. The van der Waals surface area contributed by atoms with Crippen molar-refractivity contribution in [3.8, 4) is 0 Å². The van der Waals surface area contributed by atoms with E-state index in [9.17, 15) is 4.79 Å². The maximum Gasteiger partial charge on any atom is 0.350 e. The number of hydrogen-bond donors (Lipinski definition) is 2. The Morgan fingerprint density at radius 1 is 1.34 bits per heavy atom. The lowest BCUT2D eigenvalue weighted by Gasteiger charge is -2.17. The second-order valence-corrected chi connectivity index (χ2v) is 7.39. The fraction of sp³-hybridized carbons (Fsp3) is 0.474. The van der Waals surface area contributed by atoms with Gasteiger partial charge in [-0.3, -0.25) is 4.99 Å². The van der Waals surface area contributed by atoms with Gasteiger partial charge in [0.1, 0.15) is 15.7 Å². The minimum atomic E-state index is -0.328. The molecule has 0 saturated carbocycles. The Bertz CT molecular complexity index is 840. The second-order valence-electron chi connectivity index (χ2n) is 6.36. The van der Waals surface area contributed by atoms with E-state index in [2.05, 4.69) is 25.6 Å². The summed E-state index contributed by atoms with van der Waals surface area (Å²) in [5.74, 6) is 1.21. The molecule has 0 aliphatic carbocycles. The molecule has 0 bridgehead atoms. The SMILES string of the molecule is CCOC(=O)c1sc(C(C)NC(=NC)NCc2cccc(N(C)C)n2)nc1C.I. The fourth-order valence-corrected chi connectivity index (χ4v) is 3.40. The van der Waals surface area contributed by atoms with Crippen LogP contribution in [-0.4, -0.2) is 49.6 Å². The number of esters is 1. The van der Waals surface area contributed by atoms with Crippen LogP contribution in [0, 0.1) is 6.92 Å². The highest BCUT2D eigenvalue weighted by molar-refractivity contribution is 14.0. The van der Waals surface area contributed by atoms with Crippen LogP contribution in [0.1, 0.15) is 46.0 Å². The number of hydrogen-bond acceptors (Lipinski definition) is 7. The van der Waals surface area contributed by atoms with E-state index in [1.807, 2.05) is 51.0 Å². The number of pyridine rings is 1. The third kappa shape index (κ3) is 7.11. The maximum atomic E-state index is 12.0. The molecule has 160 valence electrons. The van der Waals surface area contributed by atoms with Crippen LogP contribution in [0.5, 0.6) is 0 Å². The third-order valence-electron chi connectivity index (χ3n) is 3.91. The number of carbonyl (C=O) groups excluding carboxylic acids is 1. The lowest BCUT2D eigenvalue weighted by molar-refractivity contribution is 0.0531. The molecule has 2 heterocycles. The standard InChI is InChI=1S/C19H28N6O2S.HI/c1-7-27-18(26)16-12(2)22-17(28-16)13(3)23-19(20-4)21-11-14-9-8-10-15(24-14)25(5)6;/h8-10,13H,7,11H2,1-6H3,(H2,20,21,23);1H. The first-order valence-corrected chi connectivity index (χ1v) is 9.92. The average Bonchev–Trinajstić information content (AvgIpc) is 3.07. The highest BCUT2D eigenvalue weighted by Gasteiger charge is 2.20. The van der Waals surface area contributed by atoms with Gasteiger partial charge in [0.05, 0.1) is 30.6 Å².